The van der Waals surface area contributed by atoms with Crippen LogP contribution < -0.4 is 5.32 Å². The third-order valence-corrected chi connectivity index (χ3v) is 3.72. The van der Waals surface area contributed by atoms with Gasteiger partial charge in [-0.25, -0.2) is 9.07 Å². The van der Waals surface area contributed by atoms with Gasteiger partial charge in [-0.1, -0.05) is 12.1 Å². The lowest BCUT2D eigenvalue weighted by Crippen LogP contribution is -2.13. The van der Waals surface area contributed by atoms with E-state index in [1.807, 2.05) is 6.92 Å². The van der Waals surface area contributed by atoms with E-state index in [0.29, 0.717) is 16.9 Å². The first-order chi connectivity index (χ1) is 11.9. The lowest BCUT2D eigenvalue weighted by Gasteiger charge is -2.05. The lowest BCUT2D eigenvalue weighted by atomic mass is 10.1. The fourth-order valence-electron chi connectivity index (χ4n) is 2.44. The minimum atomic E-state index is -0.385. The van der Waals surface area contributed by atoms with Crippen molar-refractivity contribution in [1.29, 1.82) is 0 Å². The van der Waals surface area contributed by atoms with E-state index in [2.05, 4.69) is 10.4 Å². The summed E-state index contributed by atoms with van der Waals surface area (Å²) in [4.78, 5) is 23.8. The van der Waals surface area contributed by atoms with E-state index in [9.17, 15) is 14.0 Å². The van der Waals surface area contributed by atoms with Crippen LogP contribution in [0.4, 0.5) is 10.1 Å². The maximum Gasteiger partial charge on any atom is 0.276 e. The van der Waals surface area contributed by atoms with Crippen LogP contribution in [0.15, 0.2) is 54.6 Å². The van der Waals surface area contributed by atoms with E-state index in [4.69, 9.17) is 0 Å². The van der Waals surface area contributed by atoms with Crippen molar-refractivity contribution in [3.8, 4) is 5.69 Å². The number of anilines is 1. The summed E-state index contributed by atoms with van der Waals surface area (Å²) in [5.74, 6) is -0.797. The van der Waals surface area contributed by atoms with Crippen molar-refractivity contribution in [2.24, 2.45) is 0 Å². The van der Waals surface area contributed by atoms with Crippen molar-refractivity contribution in [1.82, 2.24) is 9.78 Å². The quantitative estimate of drug-likeness (QED) is 0.737. The number of Topliss-reactive ketones (excluding diaryl/α,β-unsaturated/α-hetero) is 1. The standard InChI is InChI=1S/C19H16FN3O2/c1-12-10-18(22-23(12)17-8-6-15(20)7-9-17)19(25)21-16-5-3-4-14(11-16)13(2)24/h3-11H,1-2H3,(H,21,25). The first-order valence-electron chi connectivity index (χ1n) is 7.69. The van der Waals surface area contributed by atoms with Gasteiger partial charge in [-0.15, -0.1) is 0 Å². The molecule has 126 valence electrons. The topological polar surface area (TPSA) is 64.0 Å². The summed E-state index contributed by atoms with van der Waals surface area (Å²) in [5.41, 5.74) is 2.68. The fraction of sp³-hybridized carbons (Fsp3) is 0.105. The maximum absolute atomic E-state index is 13.1. The van der Waals surface area contributed by atoms with Gasteiger partial charge in [-0.05, 0) is 56.3 Å². The molecule has 25 heavy (non-hydrogen) atoms. The molecule has 3 rings (SSSR count). The van der Waals surface area contributed by atoms with Crippen molar-refractivity contribution in [2.45, 2.75) is 13.8 Å². The van der Waals surface area contributed by atoms with Crippen LogP contribution in [0.2, 0.25) is 0 Å². The van der Waals surface area contributed by atoms with Crippen LogP contribution in [0.25, 0.3) is 5.69 Å². The Morgan fingerprint density at radius 3 is 2.48 bits per heavy atom. The molecule has 0 fully saturated rings. The first kappa shape index (κ1) is 16.6. The van der Waals surface area contributed by atoms with Gasteiger partial charge in [0.2, 0.25) is 0 Å². The molecule has 0 saturated carbocycles. The van der Waals surface area contributed by atoms with Gasteiger partial charge in [0.05, 0.1) is 5.69 Å². The fourth-order valence-corrected chi connectivity index (χ4v) is 2.44. The van der Waals surface area contributed by atoms with Crippen molar-refractivity contribution in [3.63, 3.8) is 0 Å². The number of benzene rings is 2. The SMILES string of the molecule is CC(=O)c1cccc(NC(=O)c2cc(C)n(-c3ccc(F)cc3)n2)c1. The summed E-state index contributed by atoms with van der Waals surface area (Å²) in [6.07, 6.45) is 0. The summed E-state index contributed by atoms with van der Waals surface area (Å²) in [7, 11) is 0. The van der Waals surface area contributed by atoms with Crippen molar-refractivity contribution >= 4 is 17.4 Å². The summed E-state index contributed by atoms with van der Waals surface area (Å²) in [5, 5.41) is 7.01. The molecule has 0 aliphatic heterocycles. The molecular formula is C19H16FN3O2. The number of rotatable bonds is 4. The highest BCUT2D eigenvalue weighted by Crippen LogP contribution is 2.16. The highest BCUT2D eigenvalue weighted by atomic mass is 19.1. The summed E-state index contributed by atoms with van der Waals surface area (Å²) in [6, 6.07) is 14.2. The van der Waals surface area contributed by atoms with Crippen molar-refractivity contribution in [3.05, 3.63) is 77.4 Å². The molecule has 5 nitrogen and oxygen atoms in total. The van der Waals surface area contributed by atoms with Crippen LogP contribution in [0.3, 0.4) is 0 Å². The third-order valence-electron chi connectivity index (χ3n) is 3.72. The van der Waals surface area contributed by atoms with Crippen LogP contribution in [0, 0.1) is 12.7 Å². The molecule has 1 heterocycles. The first-order valence-corrected chi connectivity index (χ1v) is 7.69. The Bertz CT molecular complexity index is 946. The molecule has 6 heteroatoms. The number of hydrogen-bond acceptors (Lipinski definition) is 3. The predicted octanol–water partition coefficient (Wildman–Crippen LogP) is 3.77. The van der Waals surface area contributed by atoms with Crippen LogP contribution >= 0.6 is 0 Å². The normalized spacial score (nSPS) is 10.5. The molecule has 0 radical (unpaired) electrons. The monoisotopic (exact) mass is 337 g/mol. The largest absolute Gasteiger partial charge is 0.321 e. The number of ketones is 1. The predicted molar refractivity (Wildman–Crippen MR) is 92.7 cm³/mol. The Morgan fingerprint density at radius 2 is 1.80 bits per heavy atom. The van der Waals surface area contributed by atoms with Gasteiger partial charge in [-0.2, -0.15) is 5.10 Å². The van der Waals surface area contributed by atoms with Gasteiger partial charge in [0.25, 0.3) is 5.91 Å². The Hall–Kier alpha value is -3.28. The van der Waals surface area contributed by atoms with E-state index in [-0.39, 0.29) is 23.2 Å². The average molecular weight is 337 g/mol. The summed E-state index contributed by atoms with van der Waals surface area (Å²) >= 11 is 0. The van der Waals surface area contributed by atoms with E-state index in [1.165, 1.54) is 19.1 Å². The number of halogens is 1. The van der Waals surface area contributed by atoms with E-state index >= 15 is 0 Å². The Balaban J connectivity index is 1.84. The number of carbonyl (C=O) groups is 2. The molecule has 3 aromatic rings. The van der Waals surface area contributed by atoms with Crippen molar-refractivity contribution in [2.75, 3.05) is 5.32 Å². The third kappa shape index (κ3) is 3.63. The zero-order valence-electron chi connectivity index (χ0n) is 13.8. The van der Waals surface area contributed by atoms with E-state index < -0.39 is 0 Å². The Labute approximate surface area is 144 Å². The number of aromatic nitrogens is 2. The molecule has 0 aliphatic rings. The number of aryl methyl sites for hydroxylation is 1. The molecule has 0 aliphatic carbocycles. The highest BCUT2D eigenvalue weighted by molar-refractivity contribution is 6.04. The Morgan fingerprint density at radius 1 is 1.08 bits per heavy atom. The smallest absolute Gasteiger partial charge is 0.276 e. The van der Waals surface area contributed by atoms with Gasteiger partial charge >= 0.3 is 0 Å². The zero-order chi connectivity index (χ0) is 18.0. The molecule has 1 aromatic heterocycles. The van der Waals surface area contributed by atoms with Gasteiger partial charge in [0, 0.05) is 16.9 Å². The molecule has 1 amide bonds. The molecular weight excluding hydrogens is 321 g/mol. The molecule has 2 aromatic carbocycles. The number of amides is 1. The van der Waals surface area contributed by atoms with E-state index in [1.54, 1.807) is 47.1 Å². The molecule has 0 spiro atoms. The number of hydrogen-bond donors (Lipinski definition) is 1. The van der Waals surface area contributed by atoms with Gasteiger partial charge in [0.15, 0.2) is 11.5 Å². The minimum Gasteiger partial charge on any atom is -0.321 e. The van der Waals surface area contributed by atoms with Crippen LogP contribution in [0.5, 0.6) is 0 Å². The van der Waals surface area contributed by atoms with Crippen molar-refractivity contribution < 1.29 is 14.0 Å². The maximum atomic E-state index is 13.1. The second-order valence-electron chi connectivity index (χ2n) is 5.65. The summed E-state index contributed by atoms with van der Waals surface area (Å²) in [6.45, 7) is 3.28. The molecule has 0 bridgehead atoms. The average Bonchev–Trinajstić information content (AvgIpc) is 2.98. The molecule has 0 unspecified atom stereocenters. The van der Waals surface area contributed by atoms with Gasteiger partial charge in [0.1, 0.15) is 5.82 Å². The van der Waals surface area contributed by atoms with E-state index in [0.717, 1.165) is 5.69 Å². The lowest BCUT2D eigenvalue weighted by molar-refractivity contribution is 0.100. The molecule has 0 atom stereocenters. The number of nitrogens with zero attached hydrogens (tertiary/aromatic N) is 2. The highest BCUT2D eigenvalue weighted by Gasteiger charge is 2.14. The number of carbonyl (C=O) groups excluding carboxylic acids is 2. The van der Waals surface area contributed by atoms with Crippen LogP contribution in [-0.4, -0.2) is 21.5 Å². The molecule has 0 saturated heterocycles. The summed E-state index contributed by atoms with van der Waals surface area (Å²) < 4.78 is 14.6. The minimum absolute atomic E-state index is 0.0764. The van der Waals surface area contributed by atoms with Gasteiger partial charge < -0.3 is 5.32 Å². The van der Waals surface area contributed by atoms with Gasteiger partial charge in [-0.3, -0.25) is 9.59 Å². The zero-order valence-corrected chi connectivity index (χ0v) is 13.8. The van der Waals surface area contributed by atoms with Crippen LogP contribution in [-0.2, 0) is 0 Å². The number of nitrogens with one attached hydrogen (secondary N) is 1. The molecule has 1 N–H and O–H groups in total. The Kier molecular flexibility index (Phi) is 4.43. The van der Waals surface area contributed by atoms with Crippen LogP contribution in [0.1, 0.15) is 33.5 Å². The second-order valence-corrected chi connectivity index (χ2v) is 5.65. The second kappa shape index (κ2) is 6.68.